The van der Waals surface area contributed by atoms with Crippen LogP contribution >= 0.6 is 23.2 Å². The Morgan fingerprint density at radius 1 is 1.16 bits per heavy atom. The molecule has 0 spiro atoms. The van der Waals surface area contributed by atoms with Crippen LogP contribution in [0.5, 0.6) is 0 Å². The zero-order valence-electron chi connectivity index (χ0n) is 20.9. The van der Waals surface area contributed by atoms with Gasteiger partial charge >= 0.3 is 5.97 Å². The van der Waals surface area contributed by atoms with Crippen LogP contribution in [0.3, 0.4) is 0 Å². The highest BCUT2D eigenvalue weighted by molar-refractivity contribution is 7.92. The number of carbonyl (C=O) groups is 2. The second-order valence-electron chi connectivity index (χ2n) is 10.0. The average molecular weight is 574 g/mol. The number of hydrogen-bond donors (Lipinski definition) is 1. The lowest BCUT2D eigenvalue weighted by Crippen LogP contribution is -2.57. The fraction of sp³-hybridized carbons (Fsp3) is 0.462. The predicted octanol–water partition coefficient (Wildman–Crippen LogP) is 5.61. The van der Waals surface area contributed by atoms with E-state index in [1.165, 1.54) is 17.0 Å². The van der Waals surface area contributed by atoms with Crippen molar-refractivity contribution in [3.8, 4) is 0 Å². The van der Waals surface area contributed by atoms with Crippen molar-refractivity contribution in [3.63, 3.8) is 0 Å². The van der Waals surface area contributed by atoms with Gasteiger partial charge in [-0.25, -0.2) is 12.8 Å². The second-order valence-corrected chi connectivity index (χ2v) is 13.6. The Labute approximate surface area is 226 Å². The van der Waals surface area contributed by atoms with Crippen LogP contribution in [0, 0.1) is 5.82 Å². The molecule has 0 bridgehead atoms. The van der Waals surface area contributed by atoms with Gasteiger partial charge in [0.1, 0.15) is 18.0 Å². The highest BCUT2D eigenvalue weighted by atomic mass is 35.5. The van der Waals surface area contributed by atoms with Gasteiger partial charge in [-0.2, -0.15) is 0 Å². The van der Waals surface area contributed by atoms with Gasteiger partial charge in [-0.3, -0.25) is 9.59 Å². The highest BCUT2D eigenvalue weighted by Gasteiger charge is 2.48. The Balaban J connectivity index is 2.25. The van der Waals surface area contributed by atoms with E-state index >= 15 is 0 Å². The topological polar surface area (TPSA) is 101 Å². The number of carboxylic acids is 1. The number of hydrogen-bond acceptors (Lipinski definition) is 5. The quantitative estimate of drug-likeness (QED) is 0.440. The summed E-state index contributed by atoms with van der Waals surface area (Å²) in [4.78, 5) is 26.7. The van der Waals surface area contributed by atoms with Gasteiger partial charge in [0, 0.05) is 11.1 Å². The molecule has 1 aliphatic rings. The normalized spacial score (nSPS) is 21.6. The van der Waals surface area contributed by atoms with Crippen molar-refractivity contribution < 1.29 is 32.2 Å². The molecule has 1 amide bonds. The van der Waals surface area contributed by atoms with Gasteiger partial charge in [0.2, 0.25) is 0 Å². The first-order valence-corrected chi connectivity index (χ1v) is 14.2. The number of rotatable bonds is 8. The minimum absolute atomic E-state index is 0.122. The molecule has 4 atom stereocenters. The molecule has 0 aromatic heterocycles. The van der Waals surface area contributed by atoms with Crippen molar-refractivity contribution in [1.29, 1.82) is 0 Å². The van der Waals surface area contributed by atoms with E-state index in [0.29, 0.717) is 16.1 Å². The minimum Gasteiger partial charge on any atom is -0.481 e. The maximum atomic E-state index is 14.6. The molecule has 1 aliphatic heterocycles. The SMILES string of the molecule is CC[C@H](CS(=O)(=O)C(C)(C)C)N1C(=O)[C@H](CC(=O)O)O[C@H](c2cccc(Cl)c2)[C@H]1c1ccc(Cl)c(F)c1. The maximum absolute atomic E-state index is 14.6. The molecule has 1 fully saturated rings. The molecular weight excluding hydrogens is 544 g/mol. The van der Waals surface area contributed by atoms with Crippen LogP contribution in [-0.4, -0.2) is 52.9 Å². The number of morpholine rings is 1. The van der Waals surface area contributed by atoms with E-state index < -0.39 is 63.0 Å². The first kappa shape index (κ1) is 29.4. The number of sulfone groups is 1. The van der Waals surface area contributed by atoms with E-state index in [4.69, 9.17) is 27.9 Å². The summed E-state index contributed by atoms with van der Waals surface area (Å²) in [6.45, 7) is 6.46. The van der Waals surface area contributed by atoms with Crippen LogP contribution in [0.15, 0.2) is 42.5 Å². The zero-order chi connectivity index (χ0) is 27.7. The minimum atomic E-state index is -3.70. The molecule has 0 aliphatic carbocycles. The number of halogens is 3. The predicted molar refractivity (Wildman–Crippen MR) is 140 cm³/mol. The Morgan fingerprint density at radius 3 is 2.38 bits per heavy atom. The summed E-state index contributed by atoms with van der Waals surface area (Å²) in [7, 11) is -3.70. The van der Waals surface area contributed by atoms with Crippen LogP contribution in [0.2, 0.25) is 10.0 Å². The summed E-state index contributed by atoms with van der Waals surface area (Å²) in [6, 6.07) is 8.88. The number of ether oxygens (including phenoxy) is 1. The van der Waals surface area contributed by atoms with Crippen molar-refractivity contribution in [2.24, 2.45) is 0 Å². The third-order valence-corrected chi connectivity index (χ3v) is 9.69. The number of carbonyl (C=O) groups excluding carboxylic acids is 1. The van der Waals surface area contributed by atoms with Crippen molar-refractivity contribution in [1.82, 2.24) is 4.90 Å². The molecular formula is C26H30Cl2FNO6S. The Hall–Kier alpha value is -2.20. The van der Waals surface area contributed by atoms with E-state index in [1.54, 1.807) is 58.0 Å². The molecule has 1 heterocycles. The van der Waals surface area contributed by atoms with Crippen LogP contribution in [0.1, 0.15) is 63.8 Å². The maximum Gasteiger partial charge on any atom is 0.306 e. The average Bonchev–Trinajstić information content (AvgIpc) is 2.79. The molecule has 11 heteroatoms. The number of carboxylic acid groups (broad SMARTS) is 1. The Bertz CT molecular complexity index is 1280. The van der Waals surface area contributed by atoms with Crippen LogP contribution in [0.4, 0.5) is 4.39 Å². The molecule has 202 valence electrons. The van der Waals surface area contributed by atoms with Gasteiger partial charge in [0.05, 0.1) is 28.0 Å². The third-order valence-electron chi connectivity index (χ3n) is 6.46. The first-order valence-electron chi connectivity index (χ1n) is 11.8. The number of benzene rings is 2. The Morgan fingerprint density at radius 2 is 1.84 bits per heavy atom. The molecule has 0 radical (unpaired) electrons. The lowest BCUT2D eigenvalue weighted by molar-refractivity contribution is -0.182. The van der Waals surface area contributed by atoms with Crippen LogP contribution < -0.4 is 0 Å². The molecule has 2 aromatic rings. The van der Waals surface area contributed by atoms with E-state index in [0.717, 1.165) is 0 Å². The fourth-order valence-electron chi connectivity index (χ4n) is 4.33. The Kier molecular flexibility index (Phi) is 8.94. The summed E-state index contributed by atoms with van der Waals surface area (Å²) in [5.41, 5.74) is 0.842. The highest BCUT2D eigenvalue weighted by Crippen LogP contribution is 2.45. The number of nitrogens with zero attached hydrogens (tertiary/aromatic N) is 1. The monoisotopic (exact) mass is 573 g/mol. The second kappa shape index (κ2) is 11.3. The molecule has 2 aromatic carbocycles. The molecule has 1 saturated heterocycles. The largest absolute Gasteiger partial charge is 0.481 e. The van der Waals surface area contributed by atoms with Gasteiger partial charge < -0.3 is 14.7 Å². The first-order chi connectivity index (χ1) is 17.2. The number of amides is 1. The van der Waals surface area contributed by atoms with Gasteiger partial charge in [-0.15, -0.1) is 0 Å². The molecule has 1 N–H and O–H groups in total. The molecule has 0 unspecified atom stereocenters. The standard InChI is InChI=1S/C26H30Cl2FNO6S/c1-5-18(14-37(34,35)26(2,3)4)30-23(15-9-10-19(28)20(29)12-15)24(16-7-6-8-17(27)11-16)36-21(25(30)33)13-22(31)32/h6-12,18,21,23-24H,5,13-14H2,1-4H3,(H,31,32)/t18-,21+,23-,24-/m1/s1. The van der Waals surface area contributed by atoms with Gasteiger partial charge in [0.15, 0.2) is 9.84 Å². The number of aliphatic carboxylic acids is 1. The summed E-state index contributed by atoms with van der Waals surface area (Å²) < 4.78 is 46.0. The van der Waals surface area contributed by atoms with E-state index in [-0.39, 0.29) is 17.2 Å². The van der Waals surface area contributed by atoms with Crippen molar-refractivity contribution in [3.05, 3.63) is 69.5 Å². The summed E-state index contributed by atoms with van der Waals surface area (Å²) in [5, 5.41) is 9.73. The lowest BCUT2D eigenvalue weighted by Gasteiger charge is -2.48. The van der Waals surface area contributed by atoms with Crippen molar-refractivity contribution in [2.75, 3.05) is 5.75 Å². The summed E-state index contributed by atoms with van der Waals surface area (Å²) >= 11 is 12.1. The van der Waals surface area contributed by atoms with Gasteiger partial charge in [-0.05, 0) is 62.6 Å². The van der Waals surface area contributed by atoms with Gasteiger partial charge in [0.25, 0.3) is 5.91 Å². The van der Waals surface area contributed by atoms with Crippen LogP contribution in [-0.2, 0) is 24.2 Å². The van der Waals surface area contributed by atoms with Crippen molar-refractivity contribution >= 4 is 44.9 Å². The lowest BCUT2D eigenvalue weighted by atomic mass is 9.89. The van der Waals surface area contributed by atoms with Crippen LogP contribution in [0.25, 0.3) is 0 Å². The van der Waals surface area contributed by atoms with Gasteiger partial charge in [-0.1, -0.05) is 48.3 Å². The molecule has 3 rings (SSSR count). The molecule has 0 saturated carbocycles. The molecule has 7 nitrogen and oxygen atoms in total. The summed E-state index contributed by atoms with van der Waals surface area (Å²) in [6.07, 6.45) is -2.74. The molecule has 37 heavy (non-hydrogen) atoms. The fourth-order valence-corrected chi connectivity index (χ4v) is 6.05. The van der Waals surface area contributed by atoms with E-state index in [2.05, 4.69) is 0 Å². The zero-order valence-corrected chi connectivity index (χ0v) is 23.3. The van der Waals surface area contributed by atoms with E-state index in [9.17, 15) is 27.5 Å². The van der Waals surface area contributed by atoms with Crippen molar-refractivity contribution in [2.45, 2.75) is 69.6 Å². The smallest absolute Gasteiger partial charge is 0.306 e. The van der Waals surface area contributed by atoms with E-state index in [1.807, 2.05) is 0 Å². The third kappa shape index (κ3) is 6.45. The summed E-state index contributed by atoms with van der Waals surface area (Å²) in [5.74, 6) is -3.03.